The first-order valence-electron chi connectivity index (χ1n) is 11.1. The number of carbonyl (C=O) groups is 1. The molecular weight excluding hydrogens is 450 g/mol. The minimum absolute atomic E-state index is 0.228. The number of rotatable bonds is 6. The van der Waals surface area contributed by atoms with E-state index in [2.05, 4.69) is 49.9 Å². The molecule has 1 saturated carbocycles. The molecule has 1 N–H and O–H groups in total. The second-order valence-corrected chi connectivity index (χ2v) is 9.61. The van der Waals surface area contributed by atoms with Gasteiger partial charge in [0.2, 0.25) is 0 Å². The average molecular weight is 472 g/mol. The van der Waals surface area contributed by atoms with Crippen molar-refractivity contribution in [3.05, 3.63) is 71.1 Å². The van der Waals surface area contributed by atoms with E-state index in [1.807, 2.05) is 16.8 Å². The number of nitrogens with one attached hydrogen (secondary N) is 1. The topological polar surface area (TPSA) is 116 Å². The maximum atomic E-state index is 13.2. The van der Waals surface area contributed by atoms with E-state index in [0.29, 0.717) is 28.5 Å². The molecule has 0 unspecified atom stereocenters. The molecule has 0 atom stereocenters. The van der Waals surface area contributed by atoms with Crippen molar-refractivity contribution in [3.8, 4) is 16.3 Å². The number of carbonyl (C=O) groups excluding carboxylic acids is 1. The second kappa shape index (κ2) is 8.41. The van der Waals surface area contributed by atoms with Crippen molar-refractivity contribution < 1.29 is 4.79 Å². The van der Waals surface area contributed by atoms with Crippen molar-refractivity contribution in [3.63, 3.8) is 0 Å². The zero-order valence-corrected chi connectivity index (χ0v) is 19.2. The van der Waals surface area contributed by atoms with Gasteiger partial charge in [0.05, 0.1) is 40.8 Å². The Morgan fingerprint density at radius 3 is 2.85 bits per heavy atom. The summed E-state index contributed by atoms with van der Waals surface area (Å²) < 4.78 is 3.68. The number of thiophene rings is 1. The second-order valence-electron chi connectivity index (χ2n) is 8.32. The van der Waals surface area contributed by atoms with Crippen LogP contribution < -0.4 is 5.32 Å². The molecule has 5 heterocycles. The Labute approximate surface area is 198 Å². The maximum Gasteiger partial charge on any atom is 0.253 e. The predicted molar refractivity (Wildman–Crippen MR) is 126 cm³/mol. The van der Waals surface area contributed by atoms with Crippen LogP contribution in [0.4, 0.5) is 0 Å². The van der Waals surface area contributed by atoms with Crippen molar-refractivity contribution in [2.24, 2.45) is 0 Å². The van der Waals surface area contributed by atoms with Crippen molar-refractivity contribution >= 4 is 22.9 Å². The van der Waals surface area contributed by atoms with E-state index >= 15 is 0 Å². The number of pyridine rings is 1. The Kier molecular flexibility index (Phi) is 5.10. The van der Waals surface area contributed by atoms with E-state index in [1.165, 1.54) is 11.3 Å². The Morgan fingerprint density at radius 2 is 2.12 bits per heavy atom. The van der Waals surface area contributed by atoms with Gasteiger partial charge < -0.3 is 5.32 Å². The smallest absolute Gasteiger partial charge is 0.253 e. The molecule has 0 saturated heterocycles. The Hall–Kier alpha value is -3.99. The van der Waals surface area contributed by atoms with Crippen LogP contribution in [0.15, 0.2) is 49.2 Å². The van der Waals surface area contributed by atoms with E-state index in [4.69, 9.17) is 4.98 Å². The lowest BCUT2D eigenvalue weighted by molar-refractivity contribution is 0.0950. The van der Waals surface area contributed by atoms with Gasteiger partial charge in [0.25, 0.3) is 5.91 Å². The maximum absolute atomic E-state index is 13.2. The van der Waals surface area contributed by atoms with E-state index < -0.39 is 0 Å². The zero-order valence-electron chi connectivity index (χ0n) is 18.4. The molecule has 11 heteroatoms. The number of amides is 1. The summed E-state index contributed by atoms with van der Waals surface area (Å²) in [6, 6.07) is 5.95. The lowest BCUT2D eigenvalue weighted by Gasteiger charge is -2.24. The minimum atomic E-state index is -0.228. The lowest BCUT2D eigenvalue weighted by Crippen LogP contribution is -2.24. The molecule has 5 aromatic heterocycles. The van der Waals surface area contributed by atoms with Crippen LogP contribution in [0.3, 0.4) is 0 Å². The summed E-state index contributed by atoms with van der Waals surface area (Å²) in [6.07, 6.45) is 11.8. The van der Waals surface area contributed by atoms with Gasteiger partial charge in [-0.15, -0.1) is 16.4 Å². The van der Waals surface area contributed by atoms with E-state index in [1.54, 1.807) is 40.7 Å². The van der Waals surface area contributed by atoms with Gasteiger partial charge in [-0.1, -0.05) is 6.42 Å². The summed E-state index contributed by atoms with van der Waals surface area (Å²) in [5.74, 6) is 0.898. The van der Waals surface area contributed by atoms with Crippen LogP contribution in [0.1, 0.15) is 51.9 Å². The Morgan fingerprint density at radius 1 is 1.21 bits per heavy atom. The van der Waals surface area contributed by atoms with Gasteiger partial charge in [0.15, 0.2) is 11.5 Å². The van der Waals surface area contributed by atoms with Crippen LogP contribution in [0.2, 0.25) is 0 Å². The summed E-state index contributed by atoms with van der Waals surface area (Å²) in [7, 11) is 0. The normalized spacial score (nSPS) is 13.8. The quantitative estimate of drug-likeness (QED) is 0.404. The highest BCUT2D eigenvalue weighted by Gasteiger charge is 2.28. The van der Waals surface area contributed by atoms with Crippen molar-refractivity contribution in [2.75, 3.05) is 0 Å². The monoisotopic (exact) mass is 471 g/mol. The number of hydrogen-bond acceptors (Lipinski definition) is 8. The van der Waals surface area contributed by atoms with Gasteiger partial charge in [-0.05, 0) is 48.4 Å². The third-order valence-electron chi connectivity index (χ3n) is 6.08. The average Bonchev–Trinajstić information content (AvgIpc) is 3.56. The fourth-order valence-corrected chi connectivity index (χ4v) is 4.96. The first-order valence-corrected chi connectivity index (χ1v) is 11.9. The summed E-state index contributed by atoms with van der Waals surface area (Å²) in [5, 5.41) is 15.4. The molecule has 0 aromatic carbocycles. The minimum Gasteiger partial charge on any atom is -0.346 e. The molecule has 1 amide bonds. The highest BCUT2D eigenvalue weighted by atomic mass is 32.1. The molecule has 0 radical (unpaired) electrons. The summed E-state index contributed by atoms with van der Waals surface area (Å²) in [6.45, 7) is 2.35. The fourth-order valence-electron chi connectivity index (χ4n) is 4.08. The van der Waals surface area contributed by atoms with Crippen molar-refractivity contribution in [1.29, 1.82) is 0 Å². The van der Waals surface area contributed by atoms with E-state index in [0.717, 1.165) is 29.2 Å². The molecule has 10 nitrogen and oxygen atoms in total. The van der Waals surface area contributed by atoms with Crippen molar-refractivity contribution in [2.45, 2.75) is 38.6 Å². The van der Waals surface area contributed by atoms with Gasteiger partial charge >= 0.3 is 0 Å². The van der Waals surface area contributed by atoms with Crippen LogP contribution in [0.5, 0.6) is 0 Å². The molecular formula is C23H21N9OS. The highest BCUT2D eigenvalue weighted by Crippen LogP contribution is 2.36. The summed E-state index contributed by atoms with van der Waals surface area (Å²) in [4.78, 5) is 28.5. The molecule has 1 aliphatic carbocycles. The number of hydrogen-bond donors (Lipinski definition) is 1. The lowest BCUT2D eigenvalue weighted by atomic mass is 9.85. The van der Waals surface area contributed by atoms with Gasteiger partial charge in [-0.25, -0.2) is 4.98 Å². The summed E-state index contributed by atoms with van der Waals surface area (Å²) in [5.41, 5.74) is 3.45. The highest BCUT2D eigenvalue weighted by molar-refractivity contribution is 7.15. The number of tetrazole rings is 1. The van der Waals surface area contributed by atoms with E-state index in [9.17, 15) is 4.79 Å². The van der Waals surface area contributed by atoms with Crippen LogP contribution in [-0.4, -0.2) is 45.5 Å². The third-order valence-corrected chi connectivity index (χ3v) is 7.10. The molecule has 0 spiro atoms. The SMILES string of the molecule is Cc1ccc(-c2cnc3c(-n4nnnc4C4CCC4)cc(C(=O)NCc4cnccn4)cn23)s1. The molecule has 170 valence electrons. The standard InChI is InChI=1S/C23H21N9OS/c1-14-5-6-20(34-14)19-12-26-22-18(32-21(28-29-30-32)15-3-2-4-15)9-16(13-31(19)22)23(33)27-11-17-10-24-7-8-25-17/h5-10,12-13,15H,2-4,11H2,1H3,(H,27,33). The third kappa shape index (κ3) is 3.63. The predicted octanol–water partition coefficient (Wildman–Crippen LogP) is 3.33. The van der Waals surface area contributed by atoms with Gasteiger partial charge in [0.1, 0.15) is 5.69 Å². The fraction of sp³-hybridized carbons (Fsp3) is 0.261. The Balaban J connectivity index is 1.46. The number of imidazole rings is 1. The van der Waals surface area contributed by atoms with Gasteiger partial charge in [0, 0.05) is 29.4 Å². The van der Waals surface area contributed by atoms with E-state index in [-0.39, 0.29) is 12.5 Å². The molecule has 6 rings (SSSR count). The molecule has 34 heavy (non-hydrogen) atoms. The Bertz CT molecular complexity index is 1480. The number of aromatic nitrogens is 8. The number of aryl methyl sites for hydroxylation is 1. The first kappa shape index (κ1) is 20.6. The van der Waals surface area contributed by atoms with Gasteiger partial charge in [-0.2, -0.15) is 4.68 Å². The molecule has 5 aromatic rings. The first-order chi connectivity index (χ1) is 16.7. The van der Waals surface area contributed by atoms with Crippen LogP contribution in [0.25, 0.3) is 21.9 Å². The molecule has 1 fully saturated rings. The number of nitrogens with zero attached hydrogens (tertiary/aromatic N) is 8. The van der Waals surface area contributed by atoms with Crippen LogP contribution >= 0.6 is 11.3 Å². The molecule has 0 aliphatic heterocycles. The van der Waals surface area contributed by atoms with Crippen LogP contribution in [0, 0.1) is 6.92 Å². The zero-order chi connectivity index (χ0) is 23.1. The summed E-state index contributed by atoms with van der Waals surface area (Å²) >= 11 is 1.68. The largest absolute Gasteiger partial charge is 0.346 e. The number of fused-ring (bicyclic) bond motifs is 1. The molecule has 0 bridgehead atoms. The van der Waals surface area contributed by atoms with Crippen LogP contribution in [-0.2, 0) is 6.54 Å². The molecule has 1 aliphatic rings. The van der Waals surface area contributed by atoms with Crippen molar-refractivity contribution in [1.82, 2.24) is 44.9 Å². The van der Waals surface area contributed by atoms with Gasteiger partial charge in [-0.3, -0.25) is 19.2 Å².